The van der Waals surface area contributed by atoms with Gasteiger partial charge in [-0.2, -0.15) is 9.78 Å². The van der Waals surface area contributed by atoms with Crippen LogP contribution in [-0.4, -0.2) is 43.0 Å². The molecule has 0 amide bonds. The lowest BCUT2D eigenvalue weighted by atomic mass is 10.1. The van der Waals surface area contributed by atoms with Crippen molar-refractivity contribution in [3.8, 4) is 5.75 Å². The number of carbonyl (C=O) groups is 1. The number of nitrogens with zero attached hydrogens (tertiary/aromatic N) is 4. The van der Waals surface area contributed by atoms with E-state index < -0.39 is 5.63 Å². The van der Waals surface area contributed by atoms with Gasteiger partial charge >= 0.3 is 5.63 Å². The van der Waals surface area contributed by atoms with Crippen LogP contribution in [0.1, 0.15) is 27.2 Å². The van der Waals surface area contributed by atoms with Crippen LogP contribution in [-0.2, 0) is 0 Å². The zero-order valence-corrected chi connectivity index (χ0v) is 17.2. The standard InChI is InChI=1S/C19H16N4O4S2/c1-10-3-5-12(6-4-10)15(25)9-29-19-21-20-18-23(19)22-13(8-28-18)16-14(24)7-11(2)27-17(16)26/h3-7,24H,8-9H2,1-2H3. The Balaban J connectivity index is 1.58. The fourth-order valence-corrected chi connectivity index (χ4v) is 4.39. The SMILES string of the molecule is Cc1ccc(C(=O)CSc2nnc3n2N=C(c2c(O)cc(C)oc2=O)CS3)cc1. The number of ketones is 1. The first kappa shape index (κ1) is 19.5. The Kier molecular flexibility index (Phi) is 5.29. The lowest BCUT2D eigenvalue weighted by Gasteiger charge is -2.13. The van der Waals surface area contributed by atoms with Crippen LogP contribution >= 0.6 is 23.5 Å². The van der Waals surface area contributed by atoms with Gasteiger partial charge in [-0.3, -0.25) is 4.79 Å². The fourth-order valence-electron chi connectivity index (χ4n) is 2.74. The van der Waals surface area contributed by atoms with Gasteiger partial charge in [-0.25, -0.2) is 4.79 Å². The van der Waals surface area contributed by atoms with Crippen molar-refractivity contribution < 1.29 is 14.3 Å². The molecule has 1 N–H and O–H groups in total. The molecule has 4 rings (SSSR count). The lowest BCUT2D eigenvalue weighted by Crippen LogP contribution is -2.21. The molecule has 1 aliphatic rings. The molecule has 10 heteroatoms. The Labute approximate surface area is 174 Å². The third-order valence-corrected chi connectivity index (χ3v) is 6.04. The minimum absolute atomic E-state index is 0.0223. The number of thioether (sulfide) groups is 2. The molecule has 0 fully saturated rings. The van der Waals surface area contributed by atoms with Gasteiger partial charge in [-0.15, -0.1) is 10.2 Å². The largest absolute Gasteiger partial charge is 0.507 e. The molecular formula is C19H16N4O4S2. The second-order valence-electron chi connectivity index (χ2n) is 6.39. The van der Waals surface area contributed by atoms with Gasteiger partial charge in [0.2, 0.25) is 10.3 Å². The van der Waals surface area contributed by atoms with Gasteiger partial charge in [0.15, 0.2) is 5.78 Å². The van der Waals surface area contributed by atoms with Crippen LogP contribution in [0.5, 0.6) is 5.75 Å². The molecule has 1 aliphatic heterocycles. The third-order valence-electron chi connectivity index (χ3n) is 4.19. The highest BCUT2D eigenvalue weighted by Gasteiger charge is 2.25. The van der Waals surface area contributed by atoms with E-state index in [2.05, 4.69) is 15.3 Å². The molecule has 8 nitrogen and oxygen atoms in total. The molecule has 0 saturated heterocycles. The van der Waals surface area contributed by atoms with Crippen LogP contribution in [0, 0.1) is 13.8 Å². The van der Waals surface area contributed by atoms with Gasteiger partial charge in [-0.1, -0.05) is 53.4 Å². The van der Waals surface area contributed by atoms with Crippen LogP contribution in [0.3, 0.4) is 0 Å². The summed E-state index contributed by atoms with van der Waals surface area (Å²) in [7, 11) is 0. The molecule has 0 spiro atoms. The molecule has 0 unspecified atom stereocenters. The monoisotopic (exact) mass is 428 g/mol. The van der Waals surface area contributed by atoms with E-state index in [4.69, 9.17) is 4.42 Å². The van der Waals surface area contributed by atoms with Crippen molar-refractivity contribution in [2.45, 2.75) is 24.2 Å². The molecule has 3 aromatic rings. The van der Waals surface area contributed by atoms with Crippen LogP contribution in [0.4, 0.5) is 0 Å². The number of Topliss-reactive ketones (excluding diaryl/α,β-unsaturated/α-hetero) is 1. The minimum atomic E-state index is -0.651. The number of hydrogen-bond donors (Lipinski definition) is 1. The molecule has 0 atom stereocenters. The summed E-state index contributed by atoms with van der Waals surface area (Å²) >= 11 is 2.55. The number of aromatic nitrogens is 3. The summed E-state index contributed by atoms with van der Waals surface area (Å²) in [6, 6.07) is 8.75. The van der Waals surface area contributed by atoms with Gasteiger partial charge in [0.25, 0.3) is 0 Å². The maximum atomic E-state index is 12.4. The maximum Gasteiger partial charge on any atom is 0.348 e. The summed E-state index contributed by atoms with van der Waals surface area (Å²) in [4.78, 5) is 24.6. The summed E-state index contributed by atoms with van der Waals surface area (Å²) in [5.74, 6) is 0.618. The molecular weight excluding hydrogens is 412 g/mol. The summed E-state index contributed by atoms with van der Waals surface area (Å²) in [5.41, 5.74) is 1.45. The summed E-state index contributed by atoms with van der Waals surface area (Å²) in [6.07, 6.45) is 0. The molecule has 0 saturated carbocycles. The Morgan fingerprint density at radius 1 is 1.28 bits per heavy atom. The first-order valence-electron chi connectivity index (χ1n) is 8.65. The Bertz CT molecular complexity index is 1180. The number of carbonyl (C=O) groups excluding carboxylic acids is 1. The quantitative estimate of drug-likeness (QED) is 0.488. The van der Waals surface area contributed by atoms with Crippen molar-refractivity contribution in [2.75, 3.05) is 11.5 Å². The third kappa shape index (κ3) is 3.99. The van der Waals surface area contributed by atoms with Crippen molar-refractivity contribution in [1.82, 2.24) is 14.9 Å². The Hall–Kier alpha value is -2.85. The highest BCUT2D eigenvalue weighted by Crippen LogP contribution is 2.29. The molecule has 0 aliphatic carbocycles. The van der Waals surface area contributed by atoms with Gasteiger partial charge in [0, 0.05) is 17.4 Å². The van der Waals surface area contributed by atoms with E-state index >= 15 is 0 Å². The van der Waals surface area contributed by atoms with Crippen molar-refractivity contribution in [3.05, 3.63) is 63.2 Å². The zero-order valence-electron chi connectivity index (χ0n) is 15.6. The average Bonchev–Trinajstić information content (AvgIpc) is 3.08. The number of aryl methyl sites for hydroxylation is 2. The topological polar surface area (TPSA) is 111 Å². The summed E-state index contributed by atoms with van der Waals surface area (Å²) < 4.78 is 6.56. The molecule has 148 valence electrons. The van der Waals surface area contributed by atoms with Crippen molar-refractivity contribution in [2.24, 2.45) is 5.10 Å². The van der Waals surface area contributed by atoms with E-state index in [1.807, 2.05) is 19.1 Å². The second-order valence-corrected chi connectivity index (χ2v) is 8.28. The molecule has 1 aromatic carbocycles. The number of hydrogen-bond acceptors (Lipinski definition) is 9. The predicted molar refractivity (Wildman–Crippen MR) is 110 cm³/mol. The highest BCUT2D eigenvalue weighted by atomic mass is 32.2. The van der Waals surface area contributed by atoms with E-state index in [-0.39, 0.29) is 22.8 Å². The van der Waals surface area contributed by atoms with E-state index in [0.717, 1.165) is 5.56 Å². The predicted octanol–water partition coefficient (Wildman–Crippen LogP) is 2.89. The van der Waals surface area contributed by atoms with Crippen LogP contribution < -0.4 is 5.63 Å². The highest BCUT2D eigenvalue weighted by molar-refractivity contribution is 8.00. The first-order valence-corrected chi connectivity index (χ1v) is 10.6. The van der Waals surface area contributed by atoms with Gasteiger partial charge < -0.3 is 9.52 Å². The second kappa shape index (κ2) is 7.88. The van der Waals surface area contributed by atoms with Crippen molar-refractivity contribution in [3.63, 3.8) is 0 Å². The zero-order chi connectivity index (χ0) is 20.5. The average molecular weight is 428 g/mol. The van der Waals surface area contributed by atoms with Crippen LogP contribution in [0.2, 0.25) is 0 Å². The van der Waals surface area contributed by atoms with E-state index in [1.165, 1.54) is 34.3 Å². The first-order chi connectivity index (χ1) is 13.9. The molecule has 0 bridgehead atoms. The number of rotatable bonds is 5. The molecule has 2 aromatic heterocycles. The number of aromatic hydroxyl groups is 1. The number of benzene rings is 1. The van der Waals surface area contributed by atoms with Crippen LogP contribution in [0.15, 0.2) is 55.0 Å². The van der Waals surface area contributed by atoms with Crippen molar-refractivity contribution >= 4 is 35.0 Å². The minimum Gasteiger partial charge on any atom is -0.507 e. The van der Waals surface area contributed by atoms with E-state index in [0.29, 0.717) is 33.1 Å². The molecule has 3 heterocycles. The Morgan fingerprint density at radius 2 is 2.03 bits per heavy atom. The smallest absolute Gasteiger partial charge is 0.348 e. The van der Waals surface area contributed by atoms with E-state index in [1.54, 1.807) is 19.1 Å². The lowest BCUT2D eigenvalue weighted by molar-refractivity contribution is 0.102. The fraction of sp³-hybridized carbons (Fsp3) is 0.211. The Morgan fingerprint density at radius 3 is 2.76 bits per heavy atom. The molecule has 29 heavy (non-hydrogen) atoms. The maximum absolute atomic E-state index is 12.4. The van der Waals surface area contributed by atoms with Crippen molar-refractivity contribution in [1.29, 1.82) is 0 Å². The normalized spacial score (nSPS) is 13.1. The van der Waals surface area contributed by atoms with Crippen LogP contribution in [0.25, 0.3) is 0 Å². The van der Waals surface area contributed by atoms with Gasteiger partial charge in [0.05, 0.1) is 11.5 Å². The summed E-state index contributed by atoms with van der Waals surface area (Å²) in [6.45, 7) is 3.55. The van der Waals surface area contributed by atoms with E-state index in [9.17, 15) is 14.7 Å². The molecule has 0 radical (unpaired) electrons. The van der Waals surface area contributed by atoms with Gasteiger partial charge in [0.1, 0.15) is 17.1 Å². The van der Waals surface area contributed by atoms with Gasteiger partial charge in [-0.05, 0) is 13.8 Å². The number of fused-ring (bicyclic) bond motifs is 1. The summed E-state index contributed by atoms with van der Waals surface area (Å²) in [5, 5.41) is 23.8.